The minimum absolute atomic E-state index is 0.536. The van der Waals surface area contributed by atoms with Crippen LogP contribution in [0.2, 0.25) is 0 Å². The second kappa shape index (κ2) is 7.48. The van der Waals surface area contributed by atoms with Crippen molar-refractivity contribution in [3.63, 3.8) is 0 Å². The second-order valence-corrected chi connectivity index (χ2v) is 6.07. The number of hydrogen-bond donors (Lipinski definition) is 1. The molecule has 0 radical (unpaired) electrons. The molecule has 4 rings (SSSR count). The average Bonchev–Trinajstić information content (AvgIpc) is 3.16. The summed E-state index contributed by atoms with van der Waals surface area (Å²) in [5, 5.41) is 12.0. The molecular weight excluding hydrogens is 356 g/mol. The Morgan fingerprint density at radius 1 is 0.786 bits per heavy atom. The van der Waals surface area contributed by atoms with Crippen LogP contribution in [0.5, 0.6) is 17.2 Å². The van der Waals surface area contributed by atoms with Crippen LogP contribution < -0.4 is 19.5 Å². The Morgan fingerprint density at radius 3 is 2.14 bits per heavy atom. The van der Waals surface area contributed by atoms with E-state index >= 15 is 0 Å². The van der Waals surface area contributed by atoms with Crippen molar-refractivity contribution < 1.29 is 14.2 Å². The highest BCUT2D eigenvalue weighted by Gasteiger charge is 2.17. The molecule has 142 valence electrons. The smallest absolute Gasteiger partial charge is 0.203 e. The lowest BCUT2D eigenvalue weighted by Crippen LogP contribution is -1.98. The standard InChI is InChI=1S/C21H20N4O3/c1-26-17-11-14(12-18(27-2)20(17)28-3)21-24-23-19-10-9-16(13-25(19)21)22-15-7-5-4-6-8-15/h4-13,22H,1-3H3. The Bertz CT molecular complexity index is 1080. The molecule has 0 amide bonds. The molecule has 0 aliphatic carbocycles. The van der Waals surface area contributed by atoms with Crippen molar-refractivity contribution in [1.29, 1.82) is 0 Å². The number of pyridine rings is 1. The van der Waals surface area contributed by atoms with E-state index in [0.29, 0.717) is 23.1 Å². The van der Waals surface area contributed by atoms with E-state index in [2.05, 4.69) is 15.5 Å². The van der Waals surface area contributed by atoms with Crippen LogP contribution in [0.1, 0.15) is 0 Å². The third-order valence-corrected chi connectivity index (χ3v) is 4.39. The van der Waals surface area contributed by atoms with E-state index in [1.54, 1.807) is 21.3 Å². The maximum atomic E-state index is 5.46. The predicted molar refractivity (Wildman–Crippen MR) is 108 cm³/mol. The van der Waals surface area contributed by atoms with Crippen LogP contribution in [0.4, 0.5) is 11.4 Å². The molecule has 2 aromatic heterocycles. The number of nitrogens with one attached hydrogen (secondary N) is 1. The first-order chi connectivity index (χ1) is 13.7. The lowest BCUT2D eigenvalue weighted by molar-refractivity contribution is 0.324. The molecule has 28 heavy (non-hydrogen) atoms. The molecule has 0 saturated heterocycles. The van der Waals surface area contributed by atoms with Crippen LogP contribution in [-0.2, 0) is 0 Å². The van der Waals surface area contributed by atoms with E-state index < -0.39 is 0 Å². The summed E-state index contributed by atoms with van der Waals surface area (Å²) in [6.07, 6.45) is 1.96. The molecule has 2 aromatic carbocycles. The Labute approximate surface area is 162 Å². The van der Waals surface area contributed by atoms with Crippen molar-refractivity contribution >= 4 is 17.0 Å². The number of nitrogens with zero attached hydrogens (tertiary/aromatic N) is 3. The zero-order valence-corrected chi connectivity index (χ0v) is 15.8. The molecule has 4 aromatic rings. The number of fused-ring (bicyclic) bond motifs is 1. The Hall–Kier alpha value is -3.74. The van der Waals surface area contributed by atoms with Crippen molar-refractivity contribution in [2.45, 2.75) is 0 Å². The molecule has 7 nitrogen and oxygen atoms in total. The molecule has 0 saturated carbocycles. The number of hydrogen-bond acceptors (Lipinski definition) is 6. The molecule has 2 heterocycles. The van der Waals surface area contributed by atoms with Crippen molar-refractivity contribution in [3.05, 3.63) is 60.8 Å². The summed E-state index contributed by atoms with van der Waals surface area (Å²) in [6, 6.07) is 17.6. The van der Waals surface area contributed by atoms with E-state index in [-0.39, 0.29) is 0 Å². The van der Waals surface area contributed by atoms with E-state index in [1.165, 1.54) is 0 Å². The first kappa shape index (κ1) is 17.7. The fourth-order valence-electron chi connectivity index (χ4n) is 3.06. The molecule has 0 aliphatic rings. The molecule has 0 aliphatic heterocycles. The van der Waals surface area contributed by atoms with E-state index in [0.717, 1.165) is 22.6 Å². The van der Waals surface area contributed by atoms with Gasteiger partial charge in [-0.1, -0.05) is 18.2 Å². The second-order valence-electron chi connectivity index (χ2n) is 6.07. The molecular formula is C21H20N4O3. The number of para-hydroxylation sites is 1. The highest BCUT2D eigenvalue weighted by atomic mass is 16.5. The molecule has 0 fully saturated rings. The summed E-state index contributed by atoms with van der Waals surface area (Å²) in [7, 11) is 4.75. The number of anilines is 2. The topological polar surface area (TPSA) is 69.9 Å². The first-order valence-electron chi connectivity index (χ1n) is 8.70. The quantitative estimate of drug-likeness (QED) is 0.545. The Balaban J connectivity index is 1.80. The highest BCUT2D eigenvalue weighted by molar-refractivity contribution is 5.70. The minimum atomic E-state index is 0.536. The fraction of sp³-hybridized carbons (Fsp3) is 0.143. The number of ether oxygens (including phenoxy) is 3. The third kappa shape index (κ3) is 3.18. The van der Waals surface area contributed by atoms with E-state index in [4.69, 9.17) is 14.2 Å². The van der Waals surface area contributed by atoms with Gasteiger partial charge in [-0.3, -0.25) is 4.40 Å². The summed E-state index contributed by atoms with van der Waals surface area (Å²) in [5.41, 5.74) is 3.47. The van der Waals surface area contributed by atoms with Gasteiger partial charge in [-0.15, -0.1) is 10.2 Å². The maximum Gasteiger partial charge on any atom is 0.203 e. The molecule has 0 atom stereocenters. The normalized spacial score (nSPS) is 10.7. The first-order valence-corrected chi connectivity index (χ1v) is 8.70. The van der Waals surface area contributed by atoms with Gasteiger partial charge in [0, 0.05) is 17.4 Å². The van der Waals surface area contributed by atoms with Gasteiger partial charge in [0.1, 0.15) is 0 Å². The van der Waals surface area contributed by atoms with Crippen LogP contribution in [0.3, 0.4) is 0 Å². The van der Waals surface area contributed by atoms with Gasteiger partial charge in [-0.05, 0) is 36.4 Å². The largest absolute Gasteiger partial charge is 0.493 e. The summed E-state index contributed by atoms with van der Waals surface area (Å²) >= 11 is 0. The van der Waals surface area contributed by atoms with Crippen LogP contribution in [0.25, 0.3) is 17.0 Å². The molecule has 0 unspecified atom stereocenters. The van der Waals surface area contributed by atoms with Crippen LogP contribution in [0, 0.1) is 0 Å². The van der Waals surface area contributed by atoms with Crippen molar-refractivity contribution in [2.75, 3.05) is 26.6 Å². The van der Waals surface area contributed by atoms with Gasteiger partial charge in [0.05, 0.1) is 27.0 Å². The lowest BCUT2D eigenvalue weighted by atomic mass is 10.1. The summed E-state index contributed by atoms with van der Waals surface area (Å²) < 4.78 is 18.2. The molecule has 0 bridgehead atoms. The van der Waals surface area contributed by atoms with Crippen LogP contribution in [-0.4, -0.2) is 35.9 Å². The molecule has 1 N–H and O–H groups in total. The number of rotatable bonds is 6. The number of aromatic nitrogens is 3. The number of methoxy groups -OCH3 is 3. The van der Waals surface area contributed by atoms with Crippen LogP contribution in [0.15, 0.2) is 60.8 Å². The average molecular weight is 376 g/mol. The van der Waals surface area contributed by atoms with Crippen molar-refractivity contribution in [2.24, 2.45) is 0 Å². The Kier molecular flexibility index (Phi) is 4.72. The SMILES string of the molecule is COc1cc(-c2nnc3ccc(Nc4ccccc4)cn23)cc(OC)c1OC. The van der Waals surface area contributed by atoms with Gasteiger partial charge >= 0.3 is 0 Å². The van der Waals surface area contributed by atoms with Crippen molar-refractivity contribution in [3.8, 4) is 28.6 Å². The summed E-state index contributed by atoms with van der Waals surface area (Å²) in [4.78, 5) is 0. The van der Waals surface area contributed by atoms with Gasteiger partial charge in [-0.25, -0.2) is 0 Å². The van der Waals surface area contributed by atoms with Gasteiger partial charge in [0.15, 0.2) is 23.0 Å². The van der Waals surface area contributed by atoms with E-state index in [9.17, 15) is 0 Å². The zero-order valence-electron chi connectivity index (χ0n) is 15.8. The maximum absolute atomic E-state index is 5.46. The van der Waals surface area contributed by atoms with E-state index in [1.807, 2.05) is 65.2 Å². The van der Waals surface area contributed by atoms with Gasteiger partial charge in [0.2, 0.25) is 5.75 Å². The molecule has 7 heteroatoms. The predicted octanol–water partition coefficient (Wildman–Crippen LogP) is 4.17. The zero-order chi connectivity index (χ0) is 19.5. The minimum Gasteiger partial charge on any atom is -0.493 e. The monoisotopic (exact) mass is 376 g/mol. The third-order valence-electron chi connectivity index (χ3n) is 4.39. The Morgan fingerprint density at radius 2 is 1.50 bits per heavy atom. The van der Waals surface area contributed by atoms with Gasteiger partial charge in [0.25, 0.3) is 0 Å². The molecule has 0 spiro atoms. The van der Waals surface area contributed by atoms with Crippen LogP contribution >= 0.6 is 0 Å². The van der Waals surface area contributed by atoms with Gasteiger partial charge < -0.3 is 19.5 Å². The summed E-state index contributed by atoms with van der Waals surface area (Å²) in [5.74, 6) is 2.33. The van der Waals surface area contributed by atoms with Gasteiger partial charge in [-0.2, -0.15) is 0 Å². The number of benzene rings is 2. The van der Waals surface area contributed by atoms with Crippen molar-refractivity contribution in [1.82, 2.24) is 14.6 Å². The summed E-state index contributed by atoms with van der Waals surface area (Å²) in [6.45, 7) is 0. The lowest BCUT2D eigenvalue weighted by Gasteiger charge is -2.13. The highest BCUT2D eigenvalue weighted by Crippen LogP contribution is 2.40. The fourth-order valence-corrected chi connectivity index (χ4v) is 3.06.